The van der Waals surface area contributed by atoms with E-state index in [1.165, 1.54) is 12.1 Å². The van der Waals surface area contributed by atoms with Crippen LogP contribution in [0, 0.1) is 9.39 Å². The Labute approximate surface area is 116 Å². The molecular formula is C12H8FIN4. The van der Waals surface area contributed by atoms with Crippen molar-refractivity contribution in [1.29, 1.82) is 0 Å². The summed E-state index contributed by atoms with van der Waals surface area (Å²) in [6.45, 7) is 0. The van der Waals surface area contributed by atoms with Gasteiger partial charge in [0, 0.05) is 21.0 Å². The van der Waals surface area contributed by atoms with Crippen molar-refractivity contribution in [3.8, 4) is 11.4 Å². The minimum absolute atomic E-state index is 0.267. The summed E-state index contributed by atoms with van der Waals surface area (Å²) in [5.41, 5.74) is 7.92. The summed E-state index contributed by atoms with van der Waals surface area (Å²) in [4.78, 5) is 0. The summed E-state index contributed by atoms with van der Waals surface area (Å²) < 4.78 is 15.7. The van der Waals surface area contributed by atoms with E-state index < -0.39 is 0 Å². The van der Waals surface area contributed by atoms with Crippen LogP contribution in [-0.2, 0) is 0 Å². The smallest absolute Gasteiger partial charge is 0.169 e. The number of nitrogens with zero attached hydrogens (tertiary/aromatic N) is 3. The lowest BCUT2D eigenvalue weighted by Crippen LogP contribution is -1.94. The fourth-order valence-corrected chi connectivity index (χ4v) is 2.48. The lowest BCUT2D eigenvalue weighted by molar-refractivity contribution is 0.627. The second-order valence-electron chi connectivity index (χ2n) is 3.84. The van der Waals surface area contributed by atoms with Crippen molar-refractivity contribution >= 4 is 33.9 Å². The van der Waals surface area contributed by atoms with Gasteiger partial charge in [-0.25, -0.2) is 4.39 Å². The number of nitrogens with two attached hydrogens (primary N) is 1. The Kier molecular flexibility index (Phi) is 2.66. The van der Waals surface area contributed by atoms with Crippen LogP contribution in [-0.4, -0.2) is 14.6 Å². The molecular weight excluding hydrogens is 346 g/mol. The summed E-state index contributed by atoms with van der Waals surface area (Å²) in [6, 6.07) is 8.12. The normalized spacial score (nSPS) is 11.0. The Morgan fingerprint density at radius 2 is 2.00 bits per heavy atom. The molecule has 0 atom stereocenters. The van der Waals surface area contributed by atoms with Crippen molar-refractivity contribution in [3.63, 3.8) is 0 Å². The van der Waals surface area contributed by atoms with E-state index >= 15 is 0 Å². The second-order valence-corrected chi connectivity index (χ2v) is 5.00. The molecule has 3 rings (SSSR count). The van der Waals surface area contributed by atoms with Crippen LogP contribution < -0.4 is 5.73 Å². The number of hydrogen-bond acceptors (Lipinski definition) is 3. The molecule has 90 valence electrons. The minimum atomic E-state index is -0.267. The number of rotatable bonds is 1. The Bertz CT molecular complexity index is 738. The zero-order chi connectivity index (χ0) is 12.7. The molecule has 18 heavy (non-hydrogen) atoms. The highest BCUT2D eigenvalue weighted by atomic mass is 127. The molecule has 2 N–H and O–H groups in total. The molecule has 6 heteroatoms. The van der Waals surface area contributed by atoms with E-state index in [1.54, 1.807) is 28.8 Å². The lowest BCUT2D eigenvalue weighted by atomic mass is 10.2. The predicted molar refractivity (Wildman–Crippen MR) is 75.5 cm³/mol. The maximum atomic E-state index is 13.1. The average molecular weight is 354 g/mol. The topological polar surface area (TPSA) is 56.2 Å². The van der Waals surface area contributed by atoms with E-state index in [0.29, 0.717) is 17.2 Å². The first-order chi connectivity index (χ1) is 8.65. The van der Waals surface area contributed by atoms with E-state index in [-0.39, 0.29) is 5.82 Å². The molecule has 0 aliphatic heterocycles. The summed E-state index contributed by atoms with van der Waals surface area (Å²) in [7, 11) is 0. The van der Waals surface area contributed by atoms with Gasteiger partial charge in [-0.15, -0.1) is 10.2 Å². The first-order valence-corrected chi connectivity index (χ1v) is 6.29. The number of pyridine rings is 1. The third kappa shape index (κ3) is 1.82. The standard InChI is InChI=1S/C12H8FIN4/c13-7-1-3-9(10(14)5-7)12-17-16-11-4-2-8(15)6-18(11)12/h1-6H,15H2. The molecule has 0 aliphatic rings. The van der Waals surface area contributed by atoms with E-state index in [4.69, 9.17) is 5.73 Å². The zero-order valence-electron chi connectivity index (χ0n) is 9.14. The summed E-state index contributed by atoms with van der Waals surface area (Å²) >= 11 is 2.08. The molecule has 0 fully saturated rings. The van der Waals surface area contributed by atoms with Crippen LogP contribution in [0.4, 0.5) is 10.1 Å². The van der Waals surface area contributed by atoms with Crippen LogP contribution in [0.15, 0.2) is 36.5 Å². The van der Waals surface area contributed by atoms with E-state index in [1.807, 2.05) is 0 Å². The number of fused-ring (bicyclic) bond motifs is 1. The molecule has 2 aromatic heterocycles. The first-order valence-electron chi connectivity index (χ1n) is 5.21. The molecule has 0 unspecified atom stereocenters. The zero-order valence-corrected chi connectivity index (χ0v) is 11.3. The molecule has 2 heterocycles. The van der Waals surface area contributed by atoms with Gasteiger partial charge in [-0.3, -0.25) is 4.40 Å². The van der Waals surface area contributed by atoms with Crippen molar-refractivity contribution in [1.82, 2.24) is 14.6 Å². The van der Waals surface area contributed by atoms with Gasteiger partial charge in [0.25, 0.3) is 0 Å². The van der Waals surface area contributed by atoms with Gasteiger partial charge in [-0.2, -0.15) is 0 Å². The van der Waals surface area contributed by atoms with E-state index in [0.717, 1.165) is 9.13 Å². The van der Waals surface area contributed by atoms with Crippen molar-refractivity contribution in [2.75, 3.05) is 5.73 Å². The first kappa shape index (κ1) is 11.4. The Morgan fingerprint density at radius 3 is 2.78 bits per heavy atom. The summed E-state index contributed by atoms with van der Waals surface area (Å²) in [5.74, 6) is 0.387. The quantitative estimate of drug-likeness (QED) is 0.684. The molecule has 0 saturated carbocycles. The van der Waals surface area contributed by atoms with Crippen LogP contribution in [0.5, 0.6) is 0 Å². The fraction of sp³-hybridized carbons (Fsp3) is 0. The maximum absolute atomic E-state index is 13.1. The Balaban J connectivity index is 2.28. The monoisotopic (exact) mass is 354 g/mol. The number of nitrogen functional groups attached to an aromatic ring is 1. The Morgan fingerprint density at radius 1 is 1.17 bits per heavy atom. The molecule has 4 nitrogen and oxygen atoms in total. The van der Waals surface area contributed by atoms with Gasteiger partial charge in [0.15, 0.2) is 11.5 Å². The van der Waals surface area contributed by atoms with E-state index in [2.05, 4.69) is 32.8 Å². The van der Waals surface area contributed by atoms with Crippen LogP contribution in [0.25, 0.3) is 17.0 Å². The minimum Gasteiger partial charge on any atom is -0.398 e. The van der Waals surface area contributed by atoms with Crippen LogP contribution in [0.2, 0.25) is 0 Å². The Hall–Kier alpha value is -1.70. The molecule has 0 bridgehead atoms. The lowest BCUT2D eigenvalue weighted by Gasteiger charge is -2.03. The van der Waals surface area contributed by atoms with Gasteiger partial charge < -0.3 is 5.73 Å². The molecule has 3 aromatic rings. The van der Waals surface area contributed by atoms with Gasteiger partial charge >= 0.3 is 0 Å². The number of anilines is 1. The summed E-state index contributed by atoms with van der Waals surface area (Å²) in [6.07, 6.45) is 1.75. The molecule has 0 aliphatic carbocycles. The van der Waals surface area contributed by atoms with Crippen LogP contribution in [0.3, 0.4) is 0 Å². The number of aromatic nitrogens is 3. The molecule has 0 spiro atoms. The van der Waals surface area contributed by atoms with Gasteiger partial charge in [-0.1, -0.05) is 0 Å². The van der Waals surface area contributed by atoms with Crippen LogP contribution >= 0.6 is 22.6 Å². The van der Waals surface area contributed by atoms with Gasteiger partial charge in [-0.05, 0) is 52.9 Å². The van der Waals surface area contributed by atoms with Crippen molar-refractivity contribution in [2.45, 2.75) is 0 Å². The van der Waals surface area contributed by atoms with E-state index in [9.17, 15) is 4.39 Å². The highest BCUT2D eigenvalue weighted by Gasteiger charge is 2.11. The number of benzene rings is 1. The van der Waals surface area contributed by atoms with Crippen molar-refractivity contribution in [3.05, 3.63) is 45.9 Å². The molecule has 0 amide bonds. The number of hydrogen-bond donors (Lipinski definition) is 1. The highest BCUT2D eigenvalue weighted by molar-refractivity contribution is 14.1. The SMILES string of the molecule is Nc1ccc2nnc(-c3ccc(F)cc3I)n2c1. The third-order valence-corrected chi connectivity index (χ3v) is 3.49. The highest BCUT2D eigenvalue weighted by Crippen LogP contribution is 2.25. The predicted octanol–water partition coefficient (Wildman–Crippen LogP) is 2.72. The molecule has 0 saturated heterocycles. The van der Waals surface area contributed by atoms with Crippen molar-refractivity contribution < 1.29 is 4.39 Å². The number of halogens is 2. The largest absolute Gasteiger partial charge is 0.398 e. The van der Waals surface area contributed by atoms with Gasteiger partial charge in [0.2, 0.25) is 0 Å². The fourth-order valence-electron chi connectivity index (χ4n) is 1.76. The van der Waals surface area contributed by atoms with Gasteiger partial charge in [0.1, 0.15) is 5.82 Å². The molecule has 1 aromatic carbocycles. The van der Waals surface area contributed by atoms with Gasteiger partial charge in [0.05, 0.1) is 0 Å². The third-order valence-electron chi connectivity index (χ3n) is 2.60. The maximum Gasteiger partial charge on any atom is 0.169 e. The van der Waals surface area contributed by atoms with Crippen molar-refractivity contribution in [2.24, 2.45) is 0 Å². The second kappa shape index (κ2) is 4.20. The average Bonchev–Trinajstić information content (AvgIpc) is 2.72. The molecule has 0 radical (unpaired) electrons. The van der Waals surface area contributed by atoms with Crippen LogP contribution in [0.1, 0.15) is 0 Å². The summed E-state index contributed by atoms with van der Waals surface area (Å²) in [5, 5.41) is 8.19.